The highest BCUT2D eigenvalue weighted by Crippen LogP contribution is 2.33. The molecule has 178 valence electrons. The molecule has 1 amide bonds. The molecule has 4 rings (SSSR count). The van der Waals surface area contributed by atoms with Gasteiger partial charge < -0.3 is 5.32 Å². The highest BCUT2D eigenvalue weighted by atomic mass is 32.2. The molecule has 0 fully saturated rings. The number of sulfonamides is 1. The molecule has 2 N–H and O–H groups in total. The number of nitrogens with one attached hydrogen (secondary N) is 2. The second kappa shape index (κ2) is 11.3. The Morgan fingerprint density at radius 2 is 1.40 bits per heavy atom. The Morgan fingerprint density at radius 3 is 2.09 bits per heavy atom. The summed E-state index contributed by atoms with van der Waals surface area (Å²) in [5.41, 5.74) is 1.37. The van der Waals surface area contributed by atoms with E-state index < -0.39 is 27.8 Å². The standard InChI is InChI=1S/C27H23FN2O3S2/c28-21-15-17-23(18-16-21)35(32,33)30-25(19-20-9-3-1-4-10-20)27(31)29-24-13-7-8-14-26(24)34-22-11-5-2-6-12-22/h1-18,25,30H,19H2,(H,29,31). The van der Waals surface area contributed by atoms with Crippen molar-refractivity contribution in [1.82, 2.24) is 4.72 Å². The molecular weight excluding hydrogens is 483 g/mol. The van der Waals surface area contributed by atoms with Crippen LogP contribution in [0.5, 0.6) is 0 Å². The first-order valence-electron chi connectivity index (χ1n) is 10.9. The van der Waals surface area contributed by atoms with Crippen LogP contribution >= 0.6 is 11.8 Å². The van der Waals surface area contributed by atoms with Crippen LogP contribution in [-0.2, 0) is 21.2 Å². The van der Waals surface area contributed by atoms with Crippen LogP contribution < -0.4 is 10.0 Å². The molecule has 0 saturated heterocycles. The van der Waals surface area contributed by atoms with Gasteiger partial charge in [-0.2, -0.15) is 4.72 Å². The first-order valence-corrected chi connectivity index (χ1v) is 13.2. The molecule has 1 atom stereocenters. The minimum atomic E-state index is -4.08. The molecule has 0 spiro atoms. The van der Waals surface area contributed by atoms with E-state index in [2.05, 4.69) is 10.0 Å². The van der Waals surface area contributed by atoms with Crippen molar-refractivity contribution in [3.8, 4) is 0 Å². The number of rotatable bonds is 9. The summed E-state index contributed by atoms with van der Waals surface area (Å²) in [6.45, 7) is 0. The minimum Gasteiger partial charge on any atom is -0.324 e. The number of carbonyl (C=O) groups excluding carboxylic acids is 1. The number of anilines is 1. The van der Waals surface area contributed by atoms with E-state index in [9.17, 15) is 17.6 Å². The number of amides is 1. The maximum atomic E-state index is 13.4. The zero-order chi connectivity index (χ0) is 24.7. The molecule has 0 aliphatic rings. The van der Waals surface area contributed by atoms with Crippen LogP contribution in [0.1, 0.15) is 5.56 Å². The lowest BCUT2D eigenvalue weighted by atomic mass is 10.1. The first kappa shape index (κ1) is 24.7. The fraction of sp³-hybridized carbons (Fsp3) is 0.0741. The Hall–Kier alpha value is -3.46. The summed E-state index contributed by atoms with van der Waals surface area (Å²) in [6, 6.07) is 29.6. The lowest BCUT2D eigenvalue weighted by molar-refractivity contribution is -0.117. The van der Waals surface area contributed by atoms with Gasteiger partial charge in [-0.3, -0.25) is 4.79 Å². The monoisotopic (exact) mass is 506 g/mol. The van der Waals surface area contributed by atoms with Gasteiger partial charge in [0.1, 0.15) is 11.9 Å². The number of benzene rings is 4. The minimum absolute atomic E-state index is 0.121. The Bertz CT molecular complexity index is 1380. The molecule has 0 bridgehead atoms. The van der Waals surface area contributed by atoms with Crippen molar-refractivity contribution in [3.05, 3.63) is 121 Å². The average Bonchev–Trinajstić information content (AvgIpc) is 2.86. The Morgan fingerprint density at radius 1 is 0.800 bits per heavy atom. The average molecular weight is 507 g/mol. The Balaban J connectivity index is 1.59. The summed E-state index contributed by atoms with van der Waals surface area (Å²) < 4.78 is 41.8. The maximum Gasteiger partial charge on any atom is 0.242 e. The van der Waals surface area contributed by atoms with Crippen molar-refractivity contribution < 1.29 is 17.6 Å². The van der Waals surface area contributed by atoms with E-state index in [1.165, 1.54) is 23.9 Å². The predicted octanol–water partition coefficient (Wildman–Crippen LogP) is 5.51. The van der Waals surface area contributed by atoms with E-state index in [0.29, 0.717) is 5.69 Å². The maximum absolute atomic E-state index is 13.4. The van der Waals surface area contributed by atoms with Crippen molar-refractivity contribution in [1.29, 1.82) is 0 Å². The van der Waals surface area contributed by atoms with E-state index in [0.717, 1.165) is 27.5 Å². The molecular formula is C27H23FN2O3S2. The lowest BCUT2D eigenvalue weighted by Crippen LogP contribution is -2.45. The van der Waals surface area contributed by atoms with E-state index in [4.69, 9.17) is 0 Å². The quantitative estimate of drug-likeness (QED) is 0.314. The van der Waals surface area contributed by atoms with Crippen LogP contribution in [-0.4, -0.2) is 20.4 Å². The second-order valence-corrected chi connectivity index (χ2v) is 10.5. The number of carbonyl (C=O) groups is 1. The summed E-state index contributed by atoms with van der Waals surface area (Å²) >= 11 is 1.49. The smallest absolute Gasteiger partial charge is 0.242 e. The molecule has 0 aliphatic carbocycles. The molecule has 4 aromatic rings. The highest BCUT2D eigenvalue weighted by Gasteiger charge is 2.27. The molecule has 0 heterocycles. The SMILES string of the molecule is O=C(Nc1ccccc1Sc1ccccc1)C(Cc1ccccc1)NS(=O)(=O)c1ccc(F)cc1. The summed E-state index contributed by atoms with van der Waals surface area (Å²) in [7, 11) is -4.08. The van der Waals surface area contributed by atoms with Crippen LogP contribution in [0.4, 0.5) is 10.1 Å². The van der Waals surface area contributed by atoms with Gasteiger partial charge >= 0.3 is 0 Å². The third kappa shape index (κ3) is 6.79. The van der Waals surface area contributed by atoms with Crippen molar-refractivity contribution in [3.63, 3.8) is 0 Å². The van der Waals surface area contributed by atoms with Crippen LogP contribution in [0.2, 0.25) is 0 Å². The zero-order valence-corrected chi connectivity index (χ0v) is 20.2. The van der Waals surface area contributed by atoms with Gasteiger partial charge in [0.25, 0.3) is 0 Å². The predicted molar refractivity (Wildman–Crippen MR) is 136 cm³/mol. The summed E-state index contributed by atoms with van der Waals surface area (Å²) in [4.78, 5) is 15.1. The molecule has 0 radical (unpaired) electrons. The van der Waals surface area contributed by atoms with Crippen LogP contribution in [0.25, 0.3) is 0 Å². The van der Waals surface area contributed by atoms with E-state index in [1.807, 2.05) is 72.8 Å². The van der Waals surface area contributed by atoms with Crippen molar-refractivity contribution in [2.45, 2.75) is 27.1 Å². The van der Waals surface area contributed by atoms with E-state index in [-0.39, 0.29) is 11.3 Å². The van der Waals surface area contributed by atoms with Crippen molar-refractivity contribution in [2.24, 2.45) is 0 Å². The first-order chi connectivity index (χ1) is 16.9. The van der Waals surface area contributed by atoms with Gasteiger partial charge in [0.05, 0.1) is 10.6 Å². The van der Waals surface area contributed by atoms with Gasteiger partial charge in [-0.15, -0.1) is 0 Å². The van der Waals surface area contributed by atoms with Crippen LogP contribution in [0, 0.1) is 5.82 Å². The highest BCUT2D eigenvalue weighted by molar-refractivity contribution is 7.99. The van der Waals surface area contributed by atoms with Gasteiger partial charge in [-0.25, -0.2) is 12.8 Å². The van der Waals surface area contributed by atoms with Crippen LogP contribution in [0.3, 0.4) is 0 Å². The Labute approximate surface area is 208 Å². The number of hydrogen-bond acceptors (Lipinski definition) is 4. The fourth-order valence-corrected chi connectivity index (χ4v) is 5.52. The van der Waals surface area contributed by atoms with Gasteiger partial charge in [0.2, 0.25) is 15.9 Å². The van der Waals surface area contributed by atoms with Gasteiger partial charge in [0, 0.05) is 9.79 Å². The van der Waals surface area contributed by atoms with Crippen LogP contribution in [0.15, 0.2) is 124 Å². The van der Waals surface area contributed by atoms with Gasteiger partial charge in [-0.1, -0.05) is 72.4 Å². The summed E-state index contributed by atoms with van der Waals surface area (Å²) in [5, 5.41) is 2.89. The number of hydrogen-bond donors (Lipinski definition) is 2. The Kier molecular flexibility index (Phi) is 7.97. The molecule has 0 saturated carbocycles. The number of halogens is 1. The molecule has 5 nitrogen and oxygen atoms in total. The second-order valence-electron chi connectivity index (χ2n) is 7.72. The van der Waals surface area contributed by atoms with E-state index in [1.54, 1.807) is 12.1 Å². The zero-order valence-electron chi connectivity index (χ0n) is 18.6. The lowest BCUT2D eigenvalue weighted by Gasteiger charge is -2.20. The fourth-order valence-electron chi connectivity index (χ4n) is 3.40. The van der Waals surface area contributed by atoms with Gasteiger partial charge in [-0.05, 0) is 60.5 Å². The normalized spacial score (nSPS) is 12.1. The number of para-hydroxylation sites is 1. The van der Waals surface area contributed by atoms with Gasteiger partial charge in [0.15, 0.2) is 0 Å². The van der Waals surface area contributed by atoms with Crippen molar-refractivity contribution >= 4 is 33.4 Å². The summed E-state index contributed by atoms with van der Waals surface area (Å²) in [5.74, 6) is -1.05. The molecule has 0 aromatic heterocycles. The molecule has 35 heavy (non-hydrogen) atoms. The third-order valence-electron chi connectivity index (χ3n) is 5.14. The van der Waals surface area contributed by atoms with Crippen molar-refractivity contribution in [2.75, 3.05) is 5.32 Å². The summed E-state index contributed by atoms with van der Waals surface area (Å²) in [6.07, 6.45) is 0.140. The molecule has 4 aromatic carbocycles. The molecule has 8 heteroatoms. The topological polar surface area (TPSA) is 75.3 Å². The largest absolute Gasteiger partial charge is 0.324 e. The molecule has 0 aliphatic heterocycles. The van der Waals surface area contributed by atoms with E-state index >= 15 is 0 Å². The third-order valence-corrected chi connectivity index (χ3v) is 7.71. The molecule has 1 unspecified atom stereocenters.